The number of halogens is 1. The predicted octanol–water partition coefficient (Wildman–Crippen LogP) is 3.26. The smallest absolute Gasteiger partial charge is 0.255 e. The first-order valence-corrected chi connectivity index (χ1v) is 11.9. The largest absolute Gasteiger partial charge is 0.487 e. The van der Waals surface area contributed by atoms with Gasteiger partial charge in [0, 0.05) is 37.0 Å². The first-order chi connectivity index (χ1) is 17.4. The standard InChI is InChI=1S/C27H29FN4O4/c1-17-12-23(31-14-25(17)36-16-19-4-6-20(28)7-5-19)18(2)32-15-22-21(27(32)35)8-10-29-24(22)13-26(34)30-9-3-11-33/h4-8,10,12,14,18,33H,3,9,11,13,15-16H2,1-2H3,(H,30,34). The highest BCUT2D eigenvalue weighted by Gasteiger charge is 2.34. The number of rotatable bonds is 10. The van der Waals surface area contributed by atoms with Crippen molar-refractivity contribution in [1.82, 2.24) is 20.2 Å². The van der Waals surface area contributed by atoms with Gasteiger partial charge in [0.15, 0.2) is 0 Å². The monoisotopic (exact) mass is 492 g/mol. The average molecular weight is 493 g/mol. The lowest BCUT2D eigenvalue weighted by atomic mass is 10.1. The topological polar surface area (TPSA) is 105 Å². The Balaban J connectivity index is 1.44. The summed E-state index contributed by atoms with van der Waals surface area (Å²) in [4.78, 5) is 36.1. The molecule has 0 saturated heterocycles. The molecule has 2 amide bonds. The second-order valence-electron chi connectivity index (χ2n) is 8.79. The van der Waals surface area contributed by atoms with E-state index in [1.807, 2.05) is 19.9 Å². The van der Waals surface area contributed by atoms with Crippen molar-refractivity contribution in [1.29, 1.82) is 0 Å². The van der Waals surface area contributed by atoms with Crippen LogP contribution in [0.25, 0.3) is 0 Å². The van der Waals surface area contributed by atoms with Gasteiger partial charge in [0.1, 0.15) is 18.2 Å². The first-order valence-electron chi connectivity index (χ1n) is 11.9. The number of aryl methyl sites for hydroxylation is 1. The van der Waals surface area contributed by atoms with Crippen LogP contribution in [0.4, 0.5) is 4.39 Å². The molecule has 188 valence electrons. The highest BCUT2D eigenvalue weighted by molar-refractivity contribution is 5.99. The number of nitrogens with one attached hydrogen (secondary N) is 1. The molecule has 36 heavy (non-hydrogen) atoms. The maximum Gasteiger partial charge on any atom is 0.255 e. The van der Waals surface area contributed by atoms with Gasteiger partial charge in [-0.05, 0) is 55.7 Å². The number of aromatic nitrogens is 2. The van der Waals surface area contributed by atoms with Crippen LogP contribution < -0.4 is 10.1 Å². The van der Waals surface area contributed by atoms with E-state index in [4.69, 9.17) is 9.84 Å². The molecule has 1 aliphatic rings. The van der Waals surface area contributed by atoms with Crippen LogP contribution in [-0.2, 0) is 24.4 Å². The Bertz CT molecular complexity index is 1250. The minimum absolute atomic E-state index is 0.00941. The lowest BCUT2D eigenvalue weighted by Gasteiger charge is -2.24. The van der Waals surface area contributed by atoms with Crippen molar-refractivity contribution in [3.05, 3.63) is 88.3 Å². The van der Waals surface area contributed by atoms with Gasteiger partial charge in [-0.1, -0.05) is 12.1 Å². The van der Waals surface area contributed by atoms with Crippen LogP contribution in [0, 0.1) is 12.7 Å². The van der Waals surface area contributed by atoms with Gasteiger partial charge in [-0.25, -0.2) is 4.39 Å². The third-order valence-corrected chi connectivity index (χ3v) is 6.24. The van der Waals surface area contributed by atoms with Crippen molar-refractivity contribution in [2.75, 3.05) is 13.2 Å². The Morgan fingerprint density at radius 2 is 2.03 bits per heavy atom. The zero-order chi connectivity index (χ0) is 25.7. The van der Waals surface area contributed by atoms with E-state index in [0.717, 1.165) is 22.4 Å². The Hall–Kier alpha value is -3.85. The summed E-state index contributed by atoms with van der Waals surface area (Å²) in [5.74, 6) is -0.00230. The third-order valence-electron chi connectivity index (χ3n) is 6.24. The molecule has 3 heterocycles. The molecule has 0 bridgehead atoms. The van der Waals surface area contributed by atoms with E-state index < -0.39 is 0 Å². The van der Waals surface area contributed by atoms with Crippen molar-refractivity contribution in [2.24, 2.45) is 0 Å². The van der Waals surface area contributed by atoms with Gasteiger partial charge in [-0.15, -0.1) is 0 Å². The van der Waals surface area contributed by atoms with E-state index in [0.29, 0.717) is 43.1 Å². The molecule has 2 N–H and O–H groups in total. The first kappa shape index (κ1) is 25.2. The van der Waals surface area contributed by atoms with Gasteiger partial charge in [-0.3, -0.25) is 19.6 Å². The number of aliphatic hydroxyl groups excluding tert-OH is 1. The van der Waals surface area contributed by atoms with E-state index in [2.05, 4.69) is 15.3 Å². The minimum atomic E-state index is -0.305. The summed E-state index contributed by atoms with van der Waals surface area (Å²) < 4.78 is 19.0. The summed E-state index contributed by atoms with van der Waals surface area (Å²) in [6, 6.07) is 9.41. The molecule has 3 aromatic rings. The highest BCUT2D eigenvalue weighted by atomic mass is 19.1. The number of hydrogen-bond acceptors (Lipinski definition) is 6. The molecule has 8 nitrogen and oxygen atoms in total. The lowest BCUT2D eigenvalue weighted by Crippen LogP contribution is -2.28. The summed E-state index contributed by atoms with van der Waals surface area (Å²) in [5.41, 5.74) is 4.32. The van der Waals surface area contributed by atoms with Crippen molar-refractivity contribution in [3.63, 3.8) is 0 Å². The van der Waals surface area contributed by atoms with Gasteiger partial charge in [0.25, 0.3) is 5.91 Å². The van der Waals surface area contributed by atoms with Gasteiger partial charge < -0.3 is 20.1 Å². The molecule has 0 radical (unpaired) electrons. The van der Waals surface area contributed by atoms with Crippen molar-refractivity contribution >= 4 is 11.8 Å². The Labute approximate surface area is 209 Å². The number of benzene rings is 1. The summed E-state index contributed by atoms with van der Waals surface area (Å²) in [7, 11) is 0. The Morgan fingerprint density at radius 3 is 2.75 bits per heavy atom. The van der Waals surface area contributed by atoms with Crippen molar-refractivity contribution in [3.8, 4) is 5.75 Å². The maximum atomic E-state index is 13.2. The van der Waals surface area contributed by atoms with Crippen LogP contribution in [0.15, 0.2) is 48.8 Å². The maximum absolute atomic E-state index is 13.2. The molecule has 0 aliphatic carbocycles. The van der Waals surface area contributed by atoms with E-state index in [1.165, 1.54) is 12.1 Å². The number of aliphatic hydroxyl groups is 1. The van der Waals surface area contributed by atoms with Crippen LogP contribution >= 0.6 is 0 Å². The van der Waals surface area contributed by atoms with E-state index in [9.17, 15) is 14.0 Å². The molecular formula is C27H29FN4O4. The van der Waals surface area contributed by atoms with E-state index in [1.54, 1.807) is 35.5 Å². The molecule has 1 aromatic carbocycles. The molecule has 9 heteroatoms. The molecule has 1 unspecified atom stereocenters. The number of amides is 2. The summed E-state index contributed by atoms with van der Waals surface area (Å²) in [5, 5.41) is 11.6. The molecule has 0 fully saturated rings. The summed E-state index contributed by atoms with van der Waals surface area (Å²) in [6.45, 7) is 4.86. The van der Waals surface area contributed by atoms with Gasteiger partial charge >= 0.3 is 0 Å². The van der Waals surface area contributed by atoms with Crippen LogP contribution in [0.5, 0.6) is 5.75 Å². The summed E-state index contributed by atoms with van der Waals surface area (Å²) in [6.07, 6.45) is 3.75. The number of hydrogen-bond donors (Lipinski definition) is 2. The van der Waals surface area contributed by atoms with Gasteiger partial charge in [0.2, 0.25) is 5.91 Å². The lowest BCUT2D eigenvalue weighted by molar-refractivity contribution is -0.120. The fourth-order valence-corrected chi connectivity index (χ4v) is 4.14. The summed E-state index contributed by atoms with van der Waals surface area (Å²) >= 11 is 0. The Morgan fingerprint density at radius 1 is 1.25 bits per heavy atom. The quantitative estimate of drug-likeness (QED) is 0.421. The minimum Gasteiger partial charge on any atom is -0.487 e. The van der Waals surface area contributed by atoms with Crippen molar-refractivity contribution < 1.29 is 23.8 Å². The number of carbonyl (C=O) groups is 2. The molecular weight excluding hydrogens is 463 g/mol. The highest BCUT2D eigenvalue weighted by Crippen LogP contribution is 2.33. The third kappa shape index (κ3) is 5.68. The van der Waals surface area contributed by atoms with Gasteiger partial charge in [-0.2, -0.15) is 0 Å². The number of nitrogens with zero attached hydrogens (tertiary/aromatic N) is 3. The van der Waals surface area contributed by atoms with Gasteiger partial charge in [0.05, 0.1) is 30.0 Å². The zero-order valence-electron chi connectivity index (χ0n) is 20.3. The Kier molecular flexibility index (Phi) is 7.90. The molecule has 4 rings (SSSR count). The van der Waals surface area contributed by atoms with Crippen LogP contribution in [0.3, 0.4) is 0 Å². The van der Waals surface area contributed by atoms with Crippen molar-refractivity contribution in [2.45, 2.75) is 45.9 Å². The van der Waals surface area contributed by atoms with E-state index in [-0.39, 0.29) is 36.7 Å². The number of carbonyl (C=O) groups excluding carboxylic acids is 2. The number of fused-ring (bicyclic) bond motifs is 1. The van der Waals surface area contributed by atoms with Crippen LogP contribution in [-0.4, -0.2) is 44.9 Å². The molecule has 1 atom stereocenters. The second-order valence-corrected chi connectivity index (χ2v) is 8.79. The molecule has 1 aliphatic heterocycles. The fraction of sp³-hybridized carbons (Fsp3) is 0.333. The predicted molar refractivity (Wildman–Crippen MR) is 131 cm³/mol. The second kappa shape index (κ2) is 11.3. The molecule has 0 saturated carbocycles. The van der Waals surface area contributed by atoms with E-state index >= 15 is 0 Å². The SMILES string of the molecule is Cc1cc(C(C)N2Cc3c(ccnc3CC(=O)NCCCO)C2=O)ncc1OCc1ccc(F)cc1. The normalized spacial score (nSPS) is 13.4. The average Bonchev–Trinajstić information content (AvgIpc) is 3.21. The number of ether oxygens (including phenoxy) is 1. The molecule has 2 aromatic heterocycles. The zero-order valence-corrected chi connectivity index (χ0v) is 20.3. The molecule has 0 spiro atoms. The fourth-order valence-electron chi connectivity index (χ4n) is 4.14. The number of pyridine rings is 2. The van der Waals surface area contributed by atoms with Crippen LogP contribution in [0.1, 0.15) is 57.8 Å². The van der Waals surface area contributed by atoms with Crippen LogP contribution in [0.2, 0.25) is 0 Å².